The first-order valence-corrected chi connectivity index (χ1v) is 9.32. The lowest BCUT2D eigenvalue weighted by Crippen LogP contribution is -2.00. The average Bonchev–Trinajstić information content (AvgIpc) is 3.46. The number of allylic oxidation sites excluding steroid dienone is 1. The molecule has 0 spiro atoms. The van der Waals surface area contributed by atoms with Crippen molar-refractivity contribution in [3.05, 3.63) is 59.9 Å². The minimum absolute atomic E-state index is 0.0896. The number of rotatable bonds is 8. The lowest BCUT2D eigenvalue weighted by molar-refractivity contribution is -0.136. The predicted molar refractivity (Wildman–Crippen MR) is 107 cm³/mol. The maximum absolute atomic E-state index is 10.7. The SMILES string of the molecule is O=C(O)CCC=Cc1cnc(-c2ccccc2)nc1Nc1cc(C2CC2)[nH]n1. The number of anilines is 2. The molecule has 3 N–H and O–H groups in total. The van der Waals surface area contributed by atoms with E-state index in [0.717, 1.165) is 16.8 Å². The first-order chi connectivity index (χ1) is 13.7. The highest BCUT2D eigenvalue weighted by Crippen LogP contribution is 2.39. The Kier molecular flexibility index (Phi) is 5.14. The van der Waals surface area contributed by atoms with Crippen LogP contribution in [0.25, 0.3) is 17.5 Å². The number of carboxylic acid groups (broad SMARTS) is 1. The summed E-state index contributed by atoms with van der Waals surface area (Å²) in [6.45, 7) is 0. The molecular weight excluding hydrogens is 354 g/mol. The maximum atomic E-state index is 10.7. The van der Waals surface area contributed by atoms with Crippen molar-refractivity contribution in [1.29, 1.82) is 0 Å². The van der Waals surface area contributed by atoms with E-state index in [-0.39, 0.29) is 6.42 Å². The Labute approximate surface area is 162 Å². The van der Waals surface area contributed by atoms with Gasteiger partial charge in [-0.2, -0.15) is 5.10 Å². The fourth-order valence-electron chi connectivity index (χ4n) is 2.88. The van der Waals surface area contributed by atoms with E-state index in [2.05, 4.69) is 25.5 Å². The van der Waals surface area contributed by atoms with Crippen LogP contribution >= 0.6 is 0 Å². The second-order valence-corrected chi connectivity index (χ2v) is 6.81. The molecule has 28 heavy (non-hydrogen) atoms. The Bertz CT molecular complexity index is 993. The molecule has 1 fully saturated rings. The van der Waals surface area contributed by atoms with Gasteiger partial charge in [-0.3, -0.25) is 9.89 Å². The zero-order valence-corrected chi connectivity index (χ0v) is 15.3. The number of H-pyrrole nitrogens is 1. The molecule has 1 aliphatic rings. The zero-order chi connectivity index (χ0) is 19.3. The van der Waals surface area contributed by atoms with Gasteiger partial charge in [-0.1, -0.05) is 42.5 Å². The van der Waals surface area contributed by atoms with Gasteiger partial charge in [-0.25, -0.2) is 9.97 Å². The standard InChI is InChI=1S/C21H21N5O2/c27-19(28)9-5-4-8-16-13-22-20(15-6-2-1-3-7-15)24-21(16)23-18-12-17(25-26-18)14-10-11-14/h1-4,6-8,12-14H,5,9-11H2,(H,27,28)(H2,22,23,24,25,26). The van der Waals surface area contributed by atoms with Crippen LogP contribution < -0.4 is 5.32 Å². The molecule has 0 amide bonds. The topological polar surface area (TPSA) is 104 Å². The van der Waals surface area contributed by atoms with Crippen molar-refractivity contribution in [3.63, 3.8) is 0 Å². The van der Waals surface area contributed by atoms with Gasteiger partial charge in [0.05, 0.1) is 0 Å². The van der Waals surface area contributed by atoms with Crippen molar-refractivity contribution < 1.29 is 9.90 Å². The lowest BCUT2D eigenvalue weighted by atomic mass is 10.2. The van der Waals surface area contributed by atoms with Crippen molar-refractivity contribution in [3.8, 4) is 11.4 Å². The highest BCUT2D eigenvalue weighted by Gasteiger charge is 2.25. The van der Waals surface area contributed by atoms with Crippen LogP contribution in [0, 0.1) is 0 Å². The molecule has 3 aromatic rings. The monoisotopic (exact) mass is 375 g/mol. The van der Waals surface area contributed by atoms with Crippen LogP contribution in [-0.2, 0) is 4.79 Å². The molecule has 1 saturated carbocycles. The van der Waals surface area contributed by atoms with Crippen molar-refractivity contribution in [2.24, 2.45) is 0 Å². The van der Waals surface area contributed by atoms with Crippen LogP contribution in [0.4, 0.5) is 11.6 Å². The summed E-state index contributed by atoms with van der Waals surface area (Å²) < 4.78 is 0. The summed E-state index contributed by atoms with van der Waals surface area (Å²) in [7, 11) is 0. The number of aromatic nitrogens is 4. The largest absolute Gasteiger partial charge is 0.481 e. The van der Waals surface area contributed by atoms with Crippen LogP contribution in [0.15, 0.2) is 48.7 Å². The fourth-order valence-corrected chi connectivity index (χ4v) is 2.88. The zero-order valence-electron chi connectivity index (χ0n) is 15.3. The number of aromatic amines is 1. The number of carbonyl (C=O) groups is 1. The van der Waals surface area contributed by atoms with E-state index in [4.69, 9.17) is 5.11 Å². The van der Waals surface area contributed by atoms with Crippen LogP contribution in [-0.4, -0.2) is 31.2 Å². The Hall–Kier alpha value is -3.48. The quantitative estimate of drug-likeness (QED) is 0.540. The van der Waals surface area contributed by atoms with E-state index in [1.165, 1.54) is 12.8 Å². The smallest absolute Gasteiger partial charge is 0.303 e. The lowest BCUT2D eigenvalue weighted by Gasteiger charge is -2.08. The van der Waals surface area contributed by atoms with Gasteiger partial charge in [0.2, 0.25) is 0 Å². The van der Waals surface area contributed by atoms with Gasteiger partial charge in [0.15, 0.2) is 11.6 Å². The van der Waals surface area contributed by atoms with Crippen molar-refractivity contribution in [2.45, 2.75) is 31.6 Å². The first kappa shape index (κ1) is 17.9. The van der Waals surface area contributed by atoms with E-state index in [0.29, 0.717) is 29.8 Å². The predicted octanol–water partition coefficient (Wildman–Crippen LogP) is 4.37. The Morgan fingerprint density at radius 2 is 2.11 bits per heavy atom. The number of nitrogens with zero attached hydrogens (tertiary/aromatic N) is 3. The van der Waals surface area contributed by atoms with Crippen molar-refractivity contribution >= 4 is 23.7 Å². The highest BCUT2D eigenvalue weighted by molar-refractivity contribution is 5.70. The number of aliphatic carboxylic acids is 1. The number of hydrogen-bond acceptors (Lipinski definition) is 5. The molecule has 0 radical (unpaired) electrons. The summed E-state index contributed by atoms with van der Waals surface area (Å²) in [6, 6.07) is 11.8. The van der Waals surface area contributed by atoms with Crippen LogP contribution in [0.3, 0.4) is 0 Å². The minimum Gasteiger partial charge on any atom is -0.481 e. The molecule has 0 atom stereocenters. The minimum atomic E-state index is -0.817. The molecule has 0 aliphatic heterocycles. The van der Waals surface area contributed by atoms with Crippen molar-refractivity contribution in [1.82, 2.24) is 20.2 Å². The highest BCUT2D eigenvalue weighted by atomic mass is 16.4. The molecule has 0 unspecified atom stereocenters. The third-order valence-electron chi connectivity index (χ3n) is 4.53. The van der Waals surface area contributed by atoms with Gasteiger partial charge in [0, 0.05) is 41.4 Å². The Morgan fingerprint density at radius 3 is 2.86 bits per heavy atom. The van der Waals surface area contributed by atoms with Crippen LogP contribution in [0.5, 0.6) is 0 Å². The molecule has 0 bridgehead atoms. The Morgan fingerprint density at radius 1 is 1.29 bits per heavy atom. The summed E-state index contributed by atoms with van der Waals surface area (Å²) in [4.78, 5) is 19.8. The third-order valence-corrected chi connectivity index (χ3v) is 4.53. The average molecular weight is 375 g/mol. The van der Waals surface area contributed by atoms with E-state index in [1.54, 1.807) is 6.20 Å². The molecule has 7 nitrogen and oxygen atoms in total. The van der Waals surface area contributed by atoms with Gasteiger partial charge in [-0.05, 0) is 19.3 Å². The van der Waals surface area contributed by atoms with Crippen molar-refractivity contribution in [2.75, 3.05) is 5.32 Å². The summed E-state index contributed by atoms with van der Waals surface area (Å²) in [5.41, 5.74) is 2.84. The third kappa shape index (κ3) is 4.43. The number of hydrogen-bond donors (Lipinski definition) is 3. The summed E-state index contributed by atoms with van der Waals surface area (Å²) in [6.07, 6.45) is 8.34. The Balaban J connectivity index is 1.61. The summed E-state index contributed by atoms with van der Waals surface area (Å²) in [5.74, 6) is 1.73. The molecule has 4 rings (SSSR count). The van der Waals surface area contributed by atoms with Crippen LogP contribution in [0.2, 0.25) is 0 Å². The van der Waals surface area contributed by atoms with E-state index < -0.39 is 5.97 Å². The van der Waals surface area contributed by atoms with Crippen LogP contribution in [0.1, 0.15) is 42.9 Å². The second-order valence-electron chi connectivity index (χ2n) is 6.81. The fraction of sp³-hybridized carbons (Fsp3) is 0.238. The van der Waals surface area contributed by atoms with Gasteiger partial charge in [0.1, 0.15) is 5.82 Å². The molecule has 142 valence electrons. The first-order valence-electron chi connectivity index (χ1n) is 9.32. The molecule has 2 heterocycles. The summed E-state index contributed by atoms with van der Waals surface area (Å²) >= 11 is 0. The normalized spacial score (nSPS) is 13.7. The molecular formula is C21H21N5O2. The molecule has 2 aromatic heterocycles. The second kappa shape index (κ2) is 8.04. The molecule has 1 aromatic carbocycles. The molecule has 1 aliphatic carbocycles. The van der Waals surface area contributed by atoms with E-state index in [9.17, 15) is 4.79 Å². The van der Waals surface area contributed by atoms with Gasteiger partial charge in [0.25, 0.3) is 0 Å². The van der Waals surface area contributed by atoms with Gasteiger partial charge >= 0.3 is 5.97 Å². The number of nitrogens with one attached hydrogen (secondary N) is 2. The van der Waals surface area contributed by atoms with Gasteiger partial charge in [-0.15, -0.1) is 0 Å². The number of benzene rings is 1. The van der Waals surface area contributed by atoms with E-state index >= 15 is 0 Å². The van der Waals surface area contributed by atoms with E-state index in [1.807, 2.05) is 48.6 Å². The number of carboxylic acids is 1. The van der Waals surface area contributed by atoms with Gasteiger partial charge < -0.3 is 10.4 Å². The molecule has 7 heteroatoms. The molecule has 0 saturated heterocycles. The maximum Gasteiger partial charge on any atom is 0.303 e. The summed E-state index contributed by atoms with van der Waals surface area (Å²) in [5, 5.41) is 19.5.